The minimum Gasteiger partial charge on any atom is -0.495 e. The predicted molar refractivity (Wildman–Crippen MR) is 89.7 cm³/mol. The zero-order valence-corrected chi connectivity index (χ0v) is 14.7. The third kappa shape index (κ3) is 4.03. The van der Waals surface area contributed by atoms with E-state index in [1.165, 1.54) is 23.5 Å². The quantitative estimate of drug-likeness (QED) is 0.588. The van der Waals surface area contributed by atoms with Gasteiger partial charge in [0.15, 0.2) is 0 Å². The molecule has 24 heavy (non-hydrogen) atoms. The fraction of sp³-hybridized carbons (Fsp3) is 0.600. The number of methoxy groups -OCH3 is 1. The van der Waals surface area contributed by atoms with E-state index in [9.17, 15) is 18.5 Å². The van der Waals surface area contributed by atoms with Gasteiger partial charge in [-0.15, -0.1) is 0 Å². The number of ether oxygens (including phenoxy) is 1. The van der Waals surface area contributed by atoms with Crippen molar-refractivity contribution in [3.05, 3.63) is 28.3 Å². The summed E-state index contributed by atoms with van der Waals surface area (Å²) >= 11 is 0. The van der Waals surface area contributed by atoms with Crippen molar-refractivity contribution in [3.63, 3.8) is 0 Å². The number of piperidine rings is 1. The van der Waals surface area contributed by atoms with Crippen molar-refractivity contribution in [2.24, 2.45) is 5.92 Å². The summed E-state index contributed by atoms with van der Waals surface area (Å²) in [5.74, 6) is 0.619. The first-order valence-corrected chi connectivity index (χ1v) is 9.31. The first-order valence-electron chi connectivity index (χ1n) is 7.87. The molecular weight excluding hydrogens is 334 g/mol. The summed E-state index contributed by atoms with van der Waals surface area (Å²) in [5.41, 5.74) is -0.265. The molecule has 0 atom stereocenters. The van der Waals surface area contributed by atoms with E-state index in [1.807, 2.05) is 7.05 Å². The molecule has 0 saturated carbocycles. The second-order valence-corrected chi connectivity index (χ2v) is 7.74. The lowest BCUT2D eigenvalue weighted by Gasteiger charge is -2.31. The molecule has 2 rings (SSSR count). The average Bonchev–Trinajstić information content (AvgIpc) is 2.59. The molecule has 1 N–H and O–H groups in total. The minimum atomic E-state index is -3.82. The SMILES string of the molecule is CNCCC1CCN(S(=O)(=O)c2cc([N+](=O)[O-])ccc2OC)CC1. The number of rotatable bonds is 7. The predicted octanol–water partition coefficient (Wildman–Crippen LogP) is 1.61. The van der Waals surface area contributed by atoms with Gasteiger partial charge in [-0.05, 0) is 44.8 Å². The highest BCUT2D eigenvalue weighted by atomic mass is 32.2. The molecule has 134 valence electrons. The monoisotopic (exact) mass is 357 g/mol. The fourth-order valence-electron chi connectivity index (χ4n) is 2.91. The van der Waals surface area contributed by atoms with Crippen molar-refractivity contribution in [2.45, 2.75) is 24.2 Å². The molecule has 1 aliphatic heterocycles. The van der Waals surface area contributed by atoms with Crippen molar-refractivity contribution < 1.29 is 18.1 Å². The van der Waals surface area contributed by atoms with Gasteiger partial charge in [-0.3, -0.25) is 10.1 Å². The fourth-order valence-corrected chi connectivity index (χ4v) is 4.55. The summed E-state index contributed by atoms with van der Waals surface area (Å²) in [7, 11) is -0.568. The summed E-state index contributed by atoms with van der Waals surface area (Å²) in [6, 6.07) is 3.63. The van der Waals surface area contributed by atoms with E-state index in [4.69, 9.17) is 4.74 Å². The van der Waals surface area contributed by atoms with Gasteiger partial charge in [-0.25, -0.2) is 8.42 Å². The van der Waals surface area contributed by atoms with Crippen molar-refractivity contribution >= 4 is 15.7 Å². The van der Waals surface area contributed by atoms with E-state index < -0.39 is 14.9 Å². The van der Waals surface area contributed by atoms with E-state index in [2.05, 4.69) is 5.32 Å². The normalized spacial score (nSPS) is 16.9. The Bertz CT molecular complexity index is 684. The zero-order valence-electron chi connectivity index (χ0n) is 13.9. The van der Waals surface area contributed by atoms with Crippen LogP contribution in [0.4, 0.5) is 5.69 Å². The van der Waals surface area contributed by atoms with Gasteiger partial charge in [0.2, 0.25) is 10.0 Å². The Morgan fingerprint density at radius 1 is 1.38 bits per heavy atom. The van der Waals surface area contributed by atoms with E-state index in [0.29, 0.717) is 19.0 Å². The van der Waals surface area contributed by atoms with E-state index in [0.717, 1.165) is 31.9 Å². The van der Waals surface area contributed by atoms with Crippen LogP contribution in [0.1, 0.15) is 19.3 Å². The molecule has 9 heteroatoms. The highest BCUT2D eigenvalue weighted by Crippen LogP contribution is 2.32. The van der Waals surface area contributed by atoms with E-state index in [-0.39, 0.29) is 16.3 Å². The Hall–Kier alpha value is -1.71. The van der Waals surface area contributed by atoms with Gasteiger partial charge in [0, 0.05) is 25.2 Å². The number of nitro benzene ring substituents is 1. The van der Waals surface area contributed by atoms with Crippen LogP contribution in [0.3, 0.4) is 0 Å². The van der Waals surface area contributed by atoms with Crippen molar-refractivity contribution in [3.8, 4) is 5.75 Å². The second-order valence-electron chi connectivity index (χ2n) is 5.83. The number of hydrogen-bond acceptors (Lipinski definition) is 6. The van der Waals surface area contributed by atoms with E-state index in [1.54, 1.807) is 0 Å². The van der Waals surface area contributed by atoms with Gasteiger partial charge in [0.25, 0.3) is 5.69 Å². The van der Waals surface area contributed by atoms with Crippen LogP contribution in [0, 0.1) is 16.0 Å². The average molecular weight is 357 g/mol. The summed E-state index contributed by atoms with van der Waals surface area (Å²) in [6.45, 7) is 1.75. The number of benzene rings is 1. The number of nitro groups is 1. The Labute approximate surface area is 142 Å². The zero-order chi connectivity index (χ0) is 17.7. The Morgan fingerprint density at radius 2 is 2.04 bits per heavy atom. The summed E-state index contributed by atoms with van der Waals surface area (Å²) < 4.78 is 32.2. The molecule has 1 aromatic rings. The molecule has 1 aromatic carbocycles. The molecule has 0 aromatic heterocycles. The van der Waals surface area contributed by atoms with Crippen molar-refractivity contribution in [1.29, 1.82) is 0 Å². The van der Waals surface area contributed by atoms with Crippen LogP contribution in [-0.2, 0) is 10.0 Å². The highest BCUT2D eigenvalue weighted by Gasteiger charge is 2.32. The Morgan fingerprint density at radius 3 is 2.58 bits per heavy atom. The molecule has 0 radical (unpaired) electrons. The van der Waals surface area contributed by atoms with Crippen molar-refractivity contribution in [2.75, 3.05) is 33.8 Å². The van der Waals surface area contributed by atoms with Gasteiger partial charge in [0.05, 0.1) is 12.0 Å². The molecule has 1 fully saturated rings. The molecule has 0 bridgehead atoms. The second kappa shape index (κ2) is 7.91. The molecular formula is C15H23N3O5S. The number of hydrogen-bond donors (Lipinski definition) is 1. The number of nitrogens with one attached hydrogen (secondary N) is 1. The third-order valence-corrected chi connectivity index (χ3v) is 6.27. The lowest BCUT2D eigenvalue weighted by molar-refractivity contribution is -0.385. The van der Waals surface area contributed by atoms with Gasteiger partial charge >= 0.3 is 0 Å². The summed E-state index contributed by atoms with van der Waals surface area (Å²) in [6.07, 6.45) is 2.60. The topological polar surface area (TPSA) is 102 Å². The molecule has 0 amide bonds. The van der Waals surface area contributed by atoms with Gasteiger partial charge < -0.3 is 10.1 Å². The third-order valence-electron chi connectivity index (χ3n) is 4.35. The maximum absolute atomic E-state index is 12.9. The molecule has 0 spiro atoms. The number of sulfonamides is 1. The molecule has 0 unspecified atom stereocenters. The lowest BCUT2D eigenvalue weighted by Crippen LogP contribution is -2.39. The molecule has 1 heterocycles. The Kier molecular flexibility index (Phi) is 6.14. The first-order chi connectivity index (χ1) is 11.4. The van der Waals surface area contributed by atoms with Crippen LogP contribution in [-0.4, -0.2) is 51.4 Å². The molecule has 1 saturated heterocycles. The first kappa shape index (κ1) is 18.6. The van der Waals surface area contributed by atoms with Crippen LogP contribution >= 0.6 is 0 Å². The van der Waals surface area contributed by atoms with Crippen LogP contribution in [0.2, 0.25) is 0 Å². The summed E-state index contributed by atoms with van der Waals surface area (Å²) in [4.78, 5) is 10.2. The molecule has 0 aliphatic carbocycles. The molecule has 8 nitrogen and oxygen atoms in total. The number of non-ortho nitro benzene ring substituents is 1. The Balaban J connectivity index is 2.22. The van der Waals surface area contributed by atoms with Crippen LogP contribution < -0.4 is 10.1 Å². The van der Waals surface area contributed by atoms with Crippen LogP contribution in [0.15, 0.2) is 23.1 Å². The lowest BCUT2D eigenvalue weighted by atomic mass is 9.95. The summed E-state index contributed by atoms with van der Waals surface area (Å²) in [5, 5.41) is 14.1. The van der Waals surface area contributed by atoms with Gasteiger partial charge in [-0.2, -0.15) is 4.31 Å². The highest BCUT2D eigenvalue weighted by molar-refractivity contribution is 7.89. The van der Waals surface area contributed by atoms with Crippen LogP contribution in [0.5, 0.6) is 5.75 Å². The largest absolute Gasteiger partial charge is 0.495 e. The standard InChI is InChI=1S/C15H23N3O5S/c1-16-8-5-12-6-9-17(10-7-12)24(21,22)15-11-13(18(19)20)3-4-14(15)23-2/h3-4,11-12,16H,5-10H2,1-2H3. The van der Waals surface area contributed by atoms with E-state index >= 15 is 0 Å². The number of nitrogens with zero attached hydrogens (tertiary/aromatic N) is 2. The smallest absolute Gasteiger partial charge is 0.271 e. The van der Waals surface area contributed by atoms with Crippen molar-refractivity contribution in [1.82, 2.24) is 9.62 Å². The minimum absolute atomic E-state index is 0.123. The van der Waals surface area contributed by atoms with Crippen LogP contribution in [0.25, 0.3) is 0 Å². The van der Waals surface area contributed by atoms with Gasteiger partial charge in [0.1, 0.15) is 10.6 Å². The molecule has 1 aliphatic rings. The maximum Gasteiger partial charge on any atom is 0.271 e. The van der Waals surface area contributed by atoms with Gasteiger partial charge in [-0.1, -0.05) is 0 Å². The maximum atomic E-state index is 12.9.